The number of imide groups is 1. The van der Waals surface area contributed by atoms with Crippen molar-refractivity contribution >= 4 is 23.3 Å². The first kappa shape index (κ1) is 14.5. The Morgan fingerprint density at radius 1 is 1.00 bits per heavy atom. The van der Waals surface area contributed by atoms with E-state index >= 15 is 0 Å². The number of hydrogen-bond donors (Lipinski definition) is 2. The second-order valence-electron chi connectivity index (χ2n) is 6.45. The fraction of sp³-hybridized carbons (Fsp3) is 0.529. The summed E-state index contributed by atoms with van der Waals surface area (Å²) in [5, 5.41) is 5.84. The van der Waals surface area contributed by atoms with E-state index in [-0.39, 0.29) is 11.9 Å². The third kappa shape index (κ3) is 2.57. The number of fused-ring (bicyclic) bond motifs is 1. The van der Waals surface area contributed by atoms with Crippen LogP contribution in [0.5, 0.6) is 0 Å². The highest BCUT2D eigenvalue weighted by Gasteiger charge is 2.32. The zero-order valence-corrected chi connectivity index (χ0v) is 13.2. The van der Waals surface area contributed by atoms with Gasteiger partial charge in [-0.25, -0.2) is 4.79 Å². The lowest BCUT2D eigenvalue weighted by Gasteiger charge is -2.34. The molecule has 0 saturated carbocycles. The molecule has 3 heterocycles. The van der Waals surface area contributed by atoms with Crippen LogP contribution in [0.4, 0.5) is 16.2 Å². The number of piperidine rings is 1. The molecular formula is C17H22N4O2. The second kappa shape index (κ2) is 5.85. The van der Waals surface area contributed by atoms with Crippen LogP contribution < -0.4 is 20.4 Å². The predicted molar refractivity (Wildman–Crippen MR) is 88.9 cm³/mol. The van der Waals surface area contributed by atoms with Crippen molar-refractivity contribution in [2.75, 3.05) is 36.0 Å². The number of carbonyl (C=O) groups is 2. The van der Waals surface area contributed by atoms with Crippen LogP contribution >= 0.6 is 0 Å². The van der Waals surface area contributed by atoms with Crippen LogP contribution in [0.15, 0.2) is 18.2 Å². The zero-order chi connectivity index (χ0) is 15.8. The van der Waals surface area contributed by atoms with Crippen molar-refractivity contribution in [1.82, 2.24) is 10.6 Å². The summed E-state index contributed by atoms with van der Waals surface area (Å²) in [6.45, 7) is 3.64. The van der Waals surface area contributed by atoms with Crippen molar-refractivity contribution in [1.29, 1.82) is 0 Å². The third-order valence-corrected chi connectivity index (χ3v) is 5.13. The van der Waals surface area contributed by atoms with E-state index in [0.29, 0.717) is 19.0 Å². The van der Waals surface area contributed by atoms with Gasteiger partial charge in [0.05, 0.1) is 5.69 Å². The molecule has 6 nitrogen and oxygen atoms in total. The minimum atomic E-state index is -0.296. The van der Waals surface area contributed by atoms with Gasteiger partial charge in [-0.15, -0.1) is 0 Å². The van der Waals surface area contributed by atoms with Gasteiger partial charge in [-0.05, 0) is 44.5 Å². The number of hydrogen-bond acceptors (Lipinski definition) is 4. The Balaban J connectivity index is 1.63. The third-order valence-electron chi connectivity index (χ3n) is 5.13. The van der Waals surface area contributed by atoms with Crippen molar-refractivity contribution in [2.45, 2.75) is 31.7 Å². The van der Waals surface area contributed by atoms with Crippen LogP contribution in [0.1, 0.15) is 24.8 Å². The minimum absolute atomic E-state index is 0.185. The molecule has 0 unspecified atom stereocenters. The minimum Gasteiger partial charge on any atom is -0.368 e. The highest BCUT2D eigenvalue weighted by atomic mass is 16.2. The monoisotopic (exact) mass is 314 g/mol. The Hall–Kier alpha value is -2.08. The zero-order valence-electron chi connectivity index (χ0n) is 13.2. The van der Waals surface area contributed by atoms with Gasteiger partial charge in [0.25, 0.3) is 0 Å². The lowest BCUT2D eigenvalue weighted by Crippen LogP contribution is -2.49. The second-order valence-corrected chi connectivity index (χ2v) is 6.45. The number of carbonyl (C=O) groups excluding carboxylic acids is 2. The molecule has 2 saturated heterocycles. The van der Waals surface area contributed by atoms with Crippen LogP contribution in [0.3, 0.4) is 0 Å². The number of rotatable bonds is 2. The summed E-state index contributed by atoms with van der Waals surface area (Å²) in [5.74, 6) is -0.185. The standard InChI is InChI=1S/C17H22N4O2/c22-16-7-11-21(17(23)19-16)15-3-1-2-14-13(15)6-10-20(14)12-4-8-18-9-5-12/h1-3,12,18H,4-11H2,(H,19,22,23). The van der Waals surface area contributed by atoms with E-state index in [0.717, 1.165) is 31.7 Å². The number of amides is 3. The van der Waals surface area contributed by atoms with E-state index in [2.05, 4.69) is 21.6 Å². The van der Waals surface area contributed by atoms with Gasteiger partial charge in [0, 0.05) is 36.8 Å². The average molecular weight is 314 g/mol. The number of nitrogens with zero attached hydrogens (tertiary/aromatic N) is 2. The lowest BCUT2D eigenvalue weighted by molar-refractivity contribution is -0.120. The number of anilines is 2. The molecule has 1 aromatic rings. The van der Waals surface area contributed by atoms with Gasteiger partial charge in [0.2, 0.25) is 5.91 Å². The topological polar surface area (TPSA) is 64.7 Å². The molecular weight excluding hydrogens is 292 g/mol. The predicted octanol–water partition coefficient (Wildman–Crippen LogP) is 1.25. The fourth-order valence-corrected chi connectivity index (χ4v) is 3.99. The van der Waals surface area contributed by atoms with E-state index in [1.54, 1.807) is 4.90 Å². The van der Waals surface area contributed by atoms with Gasteiger partial charge in [-0.3, -0.25) is 15.0 Å². The molecule has 6 heteroatoms. The fourth-order valence-electron chi connectivity index (χ4n) is 3.99. The molecule has 1 aromatic carbocycles. The summed E-state index contributed by atoms with van der Waals surface area (Å²) in [6, 6.07) is 6.48. The van der Waals surface area contributed by atoms with Crippen molar-refractivity contribution in [2.24, 2.45) is 0 Å². The molecule has 3 aliphatic heterocycles. The molecule has 4 rings (SSSR count). The molecule has 3 amide bonds. The van der Waals surface area contributed by atoms with E-state index < -0.39 is 0 Å². The highest BCUT2D eigenvalue weighted by molar-refractivity contribution is 6.06. The lowest BCUT2D eigenvalue weighted by atomic mass is 10.0. The van der Waals surface area contributed by atoms with Gasteiger partial charge in [-0.2, -0.15) is 0 Å². The Labute approximate surface area is 135 Å². The first-order valence-electron chi connectivity index (χ1n) is 8.44. The van der Waals surface area contributed by atoms with Crippen molar-refractivity contribution in [3.63, 3.8) is 0 Å². The number of benzene rings is 1. The van der Waals surface area contributed by atoms with Crippen molar-refractivity contribution in [3.05, 3.63) is 23.8 Å². The normalized spacial score (nSPS) is 22.3. The summed E-state index contributed by atoms with van der Waals surface area (Å²) in [5.41, 5.74) is 3.47. The van der Waals surface area contributed by atoms with Gasteiger partial charge >= 0.3 is 6.03 Å². The SMILES string of the molecule is O=C1CCN(c2cccc3c2CCN3C2CCNCC2)C(=O)N1. The summed E-state index contributed by atoms with van der Waals surface area (Å²) >= 11 is 0. The largest absolute Gasteiger partial charge is 0.368 e. The molecule has 3 aliphatic rings. The van der Waals surface area contributed by atoms with Gasteiger partial charge < -0.3 is 10.2 Å². The van der Waals surface area contributed by atoms with Crippen LogP contribution in [0.25, 0.3) is 0 Å². The van der Waals surface area contributed by atoms with E-state index in [9.17, 15) is 9.59 Å². The average Bonchev–Trinajstić information content (AvgIpc) is 3.00. The summed E-state index contributed by atoms with van der Waals surface area (Å²) < 4.78 is 0. The summed E-state index contributed by atoms with van der Waals surface area (Å²) in [4.78, 5) is 27.8. The molecule has 0 atom stereocenters. The first-order valence-corrected chi connectivity index (χ1v) is 8.44. The van der Waals surface area contributed by atoms with Crippen LogP contribution in [-0.4, -0.2) is 44.2 Å². The number of urea groups is 1. The molecule has 0 aliphatic carbocycles. The van der Waals surface area contributed by atoms with Crippen LogP contribution in [0, 0.1) is 0 Å². The van der Waals surface area contributed by atoms with Gasteiger partial charge in [0.1, 0.15) is 0 Å². The maximum atomic E-state index is 12.2. The molecule has 0 radical (unpaired) electrons. The van der Waals surface area contributed by atoms with Gasteiger partial charge in [-0.1, -0.05) is 6.07 Å². The molecule has 0 aromatic heterocycles. The Kier molecular flexibility index (Phi) is 3.69. The van der Waals surface area contributed by atoms with Crippen molar-refractivity contribution < 1.29 is 9.59 Å². The smallest absolute Gasteiger partial charge is 0.328 e. The molecule has 2 fully saturated rings. The van der Waals surface area contributed by atoms with E-state index in [1.165, 1.54) is 24.1 Å². The van der Waals surface area contributed by atoms with Crippen LogP contribution in [-0.2, 0) is 11.2 Å². The van der Waals surface area contributed by atoms with E-state index in [1.807, 2.05) is 12.1 Å². The van der Waals surface area contributed by atoms with Crippen LogP contribution in [0.2, 0.25) is 0 Å². The quantitative estimate of drug-likeness (QED) is 0.862. The Morgan fingerprint density at radius 3 is 2.57 bits per heavy atom. The molecule has 2 N–H and O–H groups in total. The van der Waals surface area contributed by atoms with Crippen molar-refractivity contribution in [3.8, 4) is 0 Å². The molecule has 122 valence electrons. The molecule has 23 heavy (non-hydrogen) atoms. The molecule has 0 bridgehead atoms. The van der Waals surface area contributed by atoms with E-state index in [4.69, 9.17) is 0 Å². The summed E-state index contributed by atoms with van der Waals surface area (Å²) in [7, 11) is 0. The Morgan fingerprint density at radius 2 is 1.78 bits per heavy atom. The maximum Gasteiger partial charge on any atom is 0.328 e. The highest BCUT2D eigenvalue weighted by Crippen LogP contribution is 2.38. The Bertz CT molecular complexity index is 639. The van der Waals surface area contributed by atoms with Gasteiger partial charge in [0.15, 0.2) is 0 Å². The number of nitrogens with one attached hydrogen (secondary N) is 2. The maximum absolute atomic E-state index is 12.2. The first-order chi connectivity index (χ1) is 11.2. The molecule has 0 spiro atoms. The summed E-state index contributed by atoms with van der Waals surface area (Å²) in [6.07, 6.45) is 3.67.